The van der Waals surface area contributed by atoms with Gasteiger partial charge in [-0.05, 0) is 22.2 Å². The third-order valence-electron chi connectivity index (χ3n) is 3.60. The first-order chi connectivity index (χ1) is 10.2. The number of hydrogen-bond acceptors (Lipinski definition) is 3. The maximum absolute atomic E-state index is 11.5. The highest BCUT2D eigenvalue weighted by Crippen LogP contribution is 2.33. The number of benzene rings is 3. The molecule has 0 aliphatic heterocycles. The van der Waals surface area contributed by atoms with Crippen LogP contribution in [0.1, 0.15) is 31.1 Å². The molecule has 3 rings (SSSR count). The molecule has 0 bridgehead atoms. The van der Waals surface area contributed by atoms with E-state index in [1.807, 2.05) is 0 Å². The number of carboxylic acid groups (broad SMARTS) is 1. The second kappa shape index (κ2) is 4.83. The molecule has 0 fully saturated rings. The highest BCUT2D eigenvalue weighted by molar-refractivity contribution is 6.23. The van der Waals surface area contributed by atoms with Crippen LogP contribution in [0, 0.1) is 0 Å². The van der Waals surface area contributed by atoms with Crippen molar-refractivity contribution in [3.05, 3.63) is 59.2 Å². The molecule has 0 unspecified atom stereocenters. The highest BCUT2D eigenvalue weighted by Gasteiger charge is 2.18. The number of aromatic carboxylic acids is 1. The van der Waals surface area contributed by atoms with Gasteiger partial charge in [0.25, 0.3) is 0 Å². The SMILES string of the molecule is O=Cc1c2ccccc2c(C=O)c2c(C(=O)O)cccc12. The minimum absolute atomic E-state index is 0.0171. The number of carbonyl (C=O) groups is 3. The van der Waals surface area contributed by atoms with Gasteiger partial charge >= 0.3 is 5.97 Å². The summed E-state index contributed by atoms with van der Waals surface area (Å²) in [6.07, 6.45) is 1.34. The van der Waals surface area contributed by atoms with Gasteiger partial charge in [0.05, 0.1) is 5.56 Å². The van der Waals surface area contributed by atoms with E-state index >= 15 is 0 Å². The monoisotopic (exact) mass is 278 g/mol. The van der Waals surface area contributed by atoms with Crippen LogP contribution in [0.4, 0.5) is 0 Å². The van der Waals surface area contributed by atoms with Crippen LogP contribution >= 0.6 is 0 Å². The lowest BCUT2D eigenvalue weighted by atomic mass is 9.90. The van der Waals surface area contributed by atoms with Gasteiger partial charge in [-0.1, -0.05) is 36.4 Å². The molecule has 4 heteroatoms. The fourth-order valence-electron chi connectivity index (χ4n) is 2.73. The molecule has 0 heterocycles. The zero-order chi connectivity index (χ0) is 15.0. The van der Waals surface area contributed by atoms with Crippen molar-refractivity contribution in [1.82, 2.24) is 0 Å². The van der Waals surface area contributed by atoms with Crippen LogP contribution in [0.5, 0.6) is 0 Å². The van der Waals surface area contributed by atoms with Gasteiger partial charge in [-0.3, -0.25) is 9.59 Å². The van der Waals surface area contributed by atoms with Gasteiger partial charge in [-0.25, -0.2) is 4.79 Å². The molecule has 3 aromatic rings. The van der Waals surface area contributed by atoms with Crippen molar-refractivity contribution < 1.29 is 19.5 Å². The molecule has 0 saturated heterocycles. The molecule has 1 N–H and O–H groups in total. The molecule has 0 aliphatic carbocycles. The summed E-state index contributed by atoms with van der Waals surface area (Å²) < 4.78 is 0. The van der Waals surface area contributed by atoms with E-state index in [2.05, 4.69) is 0 Å². The number of rotatable bonds is 3. The minimum atomic E-state index is -1.13. The normalized spacial score (nSPS) is 10.7. The van der Waals surface area contributed by atoms with Crippen molar-refractivity contribution in [3.8, 4) is 0 Å². The van der Waals surface area contributed by atoms with Crippen LogP contribution in [0.3, 0.4) is 0 Å². The molecule has 0 aromatic heterocycles. The summed E-state index contributed by atoms with van der Waals surface area (Å²) in [5.41, 5.74) is 0.710. The van der Waals surface area contributed by atoms with Crippen LogP contribution in [0.15, 0.2) is 42.5 Å². The second-order valence-corrected chi connectivity index (χ2v) is 4.64. The number of carbonyl (C=O) groups excluding carboxylic acids is 2. The van der Waals surface area contributed by atoms with Gasteiger partial charge in [0, 0.05) is 16.5 Å². The Morgan fingerprint density at radius 2 is 1.38 bits per heavy atom. The average molecular weight is 278 g/mol. The average Bonchev–Trinajstić information content (AvgIpc) is 2.51. The van der Waals surface area contributed by atoms with E-state index in [1.54, 1.807) is 36.4 Å². The van der Waals surface area contributed by atoms with Gasteiger partial charge in [-0.15, -0.1) is 0 Å². The Labute approximate surface area is 119 Å². The molecule has 3 aromatic carbocycles. The zero-order valence-electron chi connectivity index (χ0n) is 10.9. The second-order valence-electron chi connectivity index (χ2n) is 4.64. The highest BCUT2D eigenvalue weighted by atomic mass is 16.4. The number of fused-ring (bicyclic) bond motifs is 2. The first-order valence-electron chi connectivity index (χ1n) is 6.30. The predicted molar refractivity (Wildman–Crippen MR) is 79.2 cm³/mol. The zero-order valence-corrected chi connectivity index (χ0v) is 10.9. The molecule has 0 radical (unpaired) electrons. The summed E-state index contributed by atoms with van der Waals surface area (Å²) in [6.45, 7) is 0. The molecule has 0 saturated carbocycles. The van der Waals surface area contributed by atoms with Crippen molar-refractivity contribution in [3.63, 3.8) is 0 Å². The summed E-state index contributed by atoms with van der Waals surface area (Å²) in [7, 11) is 0. The standard InChI is InChI=1S/C17H10O4/c18-8-14-10-4-1-2-5-11(10)15(9-19)16-12(14)6-3-7-13(16)17(20)21/h1-9H,(H,20,21). The predicted octanol–water partition coefficient (Wildman–Crippen LogP) is 3.32. The molecule has 21 heavy (non-hydrogen) atoms. The molecule has 0 spiro atoms. The van der Waals surface area contributed by atoms with Gasteiger partial charge in [0.2, 0.25) is 0 Å². The van der Waals surface area contributed by atoms with Crippen molar-refractivity contribution in [2.24, 2.45) is 0 Å². The maximum Gasteiger partial charge on any atom is 0.336 e. The van der Waals surface area contributed by atoms with Crippen molar-refractivity contribution in [2.45, 2.75) is 0 Å². The third kappa shape index (κ3) is 1.80. The smallest absolute Gasteiger partial charge is 0.336 e. The third-order valence-corrected chi connectivity index (χ3v) is 3.60. The number of carboxylic acids is 1. The molecule has 0 amide bonds. The maximum atomic E-state index is 11.5. The largest absolute Gasteiger partial charge is 0.478 e. The van der Waals surface area contributed by atoms with Gasteiger partial charge in [-0.2, -0.15) is 0 Å². The summed E-state index contributed by atoms with van der Waals surface area (Å²) in [5.74, 6) is -1.13. The first-order valence-corrected chi connectivity index (χ1v) is 6.30. The Balaban J connectivity index is 2.71. The summed E-state index contributed by atoms with van der Waals surface area (Å²) >= 11 is 0. The first kappa shape index (κ1) is 13.0. The summed E-state index contributed by atoms with van der Waals surface area (Å²) in [5, 5.41) is 11.3. The Morgan fingerprint density at radius 1 is 0.810 bits per heavy atom. The van der Waals surface area contributed by atoms with E-state index in [-0.39, 0.29) is 5.56 Å². The Bertz CT molecular complexity index is 909. The van der Waals surface area contributed by atoms with Gasteiger partial charge in [0.1, 0.15) is 0 Å². The van der Waals surface area contributed by atoms with Crippen molar-refractivity contribution >= 4 is 40.1 Å². The van der Waals surface area contributed by atoms with Crippen molar-refractivity contribution in [1.29, 1.82) is 0 Å². The van der Waals surface area contributed by atoms with E-state index < -0.39 is 5.97 Å². The molecule has 4 nitrogen and oxygen atoms in total. The number of hydrogen-bond donors (Lipinski definition) is 1. The van der Waals surface area contributed by atoms with E-state index in [4.69, 9.17) is 0 Å². The lowest BCUT2D eigenvalue weighted by Gasteiger charge is -2.12. The quantitative estimate of drug-likeness (QED) is 0.589. The fraction of sp³-hybridized carbons (Fsp3) is 0. The summed E-state index contributed by atoms with van der Waals surface area (Å²) in [6, 6.07) is 11.6. The Kier molecular flexibility index (Phi) is 2.99. The van der Waals surface area contributed by atoms with Crippen LogP contribution < -0.4 is 0 Å². The van der Waals surface area contributed by atoms with E-state index in [9.17, 15) is 19.5 Å². The molecule has 0 aliphatic rings. The van der Waals surface area contributed by atoms with Crippen molar-refractivity contribution in [2.75, 3.05) is 0 Å². The van der Waals surface area contributed by atoms with E-state index in [0.29, 0.717) is 45.2 Å². The molecule has 0 atom stereocenters. The molecular weight excluding hydrogens is 268 g/mol. The van der Waals surface area contributed by atoms with Gasteiger partial charge in [0.15, 0.2) is 12.6 Å². The topological polar surface area (TPSA) is 71.4 Å². The Hall–Kier alpha value is -3.01. The minimum Gasteiger partial charge on any atom is -0.478 e. The lowest BCUT2D eigenvalue weighted by Crippen LogP contribution is -2.02. The van der Waals surface area contributed by atoms with E-state index in [1.165, 1.54) is 6.07 Å². The van der Waals surface area contributed by atoms with Crippen LogP contribution in [0.2, 0.25) is 0 Å². The Morgan fingerprint density at radius 3 is 1.95 bits per heavy atom. The number of aldehydes is 2. The lowest BCUT2D eigenvalue weighted by molar-refractivity contribution is 0.0699. The van der Waals surface area contributed by atoms with Crippen LogP contribution in [-0.4, -0.2) is 23.6 Å². The molecule has 102 valence electrons. The van der Waals surface area contributed by atoms with E-state index in [0.717, 1.165) is 0 Å². The van der Waals surface area contributed by atoms with Crippen LogP contribution in [0.25, 0.3) is 21.5 Å². The molecular formula is C17H10O4. The fourth-order valence-corrected chi connectivity index (χ4v) is 2.73. The van der Waals surface area contributed by atoms with Gasteiger partial charge < -0.3 is 5.11 Å². The summed E-state index contributed by atoms with van der Waals surface area (Å²) in [4.78, 5) is 34.4. The van der Waals surface area contributed by atoms with Crippen LogP contribution in [-0.2, 0) is 0 Å².